The summed E-state index contributed by atoms with van der Waals surface area (Å²) in [5.74, 6) is -5.01. The second-order valence-electron chi connectivity index (χ2n) is 9.50. The number of aromatic nitrogens is 1. The Bertz CT molecular complexity index is 1260. The molecule has 0 aliphatic carbocycles. The number of aromatic amines is 1. The molecule has 3 rings (SSSR count). The van der Waals surface area contributed by atoms with Gasteiger partial charge in [-0.2, -0.15) is 0 Å². The van der Waals surface area contributed by atoms with Crippen LogP contribution in [0.4, 0.5) is 0 Å². The Morgan fingerprint density at radius 1 is 1.03 bits per heavy atom. The lowest BCUT2D eigenvalue weighted by molar-refractivity contribution is -0.149. The van der Waals surface area contributed by atoms with Crippen molar-refractivity contribution in [3.8, 4) is 0 Å². The molecule has 0 saturated carbocycles. The molecule has 1 fully saturated rings. The highest BCUT2D eigenvalue weighted by atomic mass is 16.4. The number of carbonyl (C=O) groups is 6. The average molecular weight is 544 g/mol. The van der Waals surface area contributed by atoms with Gasteiger partial charge in [0.25, 0.3) is 0 Å². The van der Waals surface area contributed by atoms with Crippen molar-refractivity contribution in [2.45, 2.75) is 62.7 Å². The van der Waals surface area contributed by atoms with Crippen LogP contribution >= 0.6 is 0 Å². The van der Waals surface area contributed by atoms with Gasteiger partial charge >= 0.3 is 5.97 Å². The van der Waals surface area contributed by atoms with E-state index in [0.717, 1.165) is 15.8 Å². The van der Waals surface area contributed by atoms with Crippen molar-refractivity contribution in [1.29, 1.82) is 0 Å². The summed E-state index contributed by atoms with van der Waals surface area (Å²) in [5.41, 5.74) is 17.8. The number of para-hydroxylation sites is 1. The lowest BCUT2D eigenvalue weighted by atomic mass is 10.0. The van der Waals surface area contributed by atoms with Gasteiger partial charge in [-0.1, -0.05) is 18.2 Å². The number of rotatable bonds is 13. The fourth-order valence-corrected chi connectivity index (χ4v) is 4.60. The third-order valence-electron chi connectivity index (χ3n) is 6.61. The van der Waals surface area contributed by atoms with Crippen LogP contribution in [-0.2, 0) is 35.2 Å². The van der Waals surface area contributed by atoms with E-state index in [0.29, 0.717) is 12.0 Å². The van der Waals surface area contributed by atoms with Crippen LogP contribution in [0, 0.1) is 0 Å². The molecule has 4 atom stereocenters. The first-order valence-electron chi connectivity index (χ1n) is 12.5. The van der Waals surface area contributed by atoms with Crippen molar-refractivity contribution in [2.75, 3.05) is 6.54 Å². The number of hydrogen-bond donors (Lipinski definition) is 7. The van der Waals surface area contributed by atoms with E-state index in [4.69, 9.17) is 17.2 Å². The number of nitrogens with two attached hydrogens (primary N) is 3. The first-order valence-corrected chi connectivity index (χ1v) is 12.5. The van der Waals surface area contributed by atoms with Crippen molar-refractivity contribution in [3.05, 3.63) is 36.0 Å². The zero-order valence-electron chi connectivity index (χ0n) is 21.2. The number of fused-ring (bicyclic) bond motifs is 1. The minimum atomic E-state index is -1.44. The number of nitrogens with zero attached hydrogens (tertiary/aromatic N) is 1. The first-order chi connectivity index (χ1) is 18.5. The van der Waals surface area contributed by atoms with Gasteiger partial charge in [0.05, 0.1) is 12.5 Å². The molecule has 5 amide bonds. The standard InChI is InChI=1S/C25H33N7O7/c26-15(7-8-20(27)33)22(35)30-17(10-13-12-29-16-5-2-1-4-14(13)16)23(36)31-18(11-21(28)34)24(37)32-9-3-6-19(32)25(38)39/h1-2,4-5,12,15,17-19,29H,3,6-11,26H2,(H2,27,33)(H2,28,34)(H,30,35)(H,31,36)(H,38,39). The number of likely N-dealkylation sites (tertiary alicyclic amines) is 1. The summed E-state index contributed by atoms with van der Waals surface area (Å²) in [4.78, 5) is 78.1. The molecule has 1 aliphatic heterocycles. The van der Waals surface area contributed by atoms with Gasteiger partial charge in [-0.3, -0.25) is 24.0 Å². The van der Waals surface area contributed by atoms with Crippen LogP contribution in [0.15, 0.2) is 30.5 Å². The van der Waals surface area contributed by atoms with Gasteiger partial charge in [-0.25, -0.2) is 4.79 Å². The third-order valence-corrected chi connectivity index (χ3v) is 6.61. The Morgan fingerprint density at radius 3 is 2.38 bits per heavy atom. The minimum absolute atomic E-state index is 0.0108. The molecule has 10 N–H and O–H groups in total. The average Bonchev–Trinajstić information content (AvgIpc) is 3.53. The highest BCUT2D eigenvalue weighted by molar-refractivity contribution is 5.97. The maximum atomic E-state index is 13.5. The van der Waals surface area contributed by atoms with E-state index in [2.05, 4.69) is 15.6 Å². The van der Waals surface area contributed by atoms with Crippen LogP contribution in [0.1, 0.15) is 37.7 Å². The van der Waals surface area contributed by atoms with Crippen LogP contribution in [0.5, 0.6) is 0 Å². The van der Waals surface area contributed by atoms with Gasteiger partial charge in [-0.05, 0) is 30.9 Å². The van der Waals surface area contributed by atoms with Crippen LogP contribution in [0.3, 0.4) is 0 Å². The maximum absolute atomic E-state index is 13.5. The second-order valence-corrected chi connectivity index (χ2v) is 9.50. The number of primary amides is 2. The van der Waals surface area contributed by atoms with Crippen molar-refractivity contribution >= 4 is 46.4 Å². The number of benzene rings is 1. The summed E-state index contributed by atoms with van der Waals surface area (Å²) in [6, 6.07) is 2.39. The molecule has 1 aliphatic rings. The predicted octanol–water partition coefficient (Wildman–Crippen LogP) is -1.78. The number of carboxylic acid groups (broad SMARTS) is 1. The number of nitrogens with one attached hydrogen (secondary N) is 3. The third kappa shape index (κ3) is 7.54. The van der Waals surface area contributed by atoms with E-state index in [-0.39, 0.29) is 32.2 Å². The molecule has 39 heavy (non-hydrogen) atoms. The van der Waals surface area contributed by atoms with E-state index < -0.39 is 66.1 Å². The zero-order valence-corrected chi connectivity index (χ0v) is 21.2. The number of carbonyl (C=O) groups excluding carboxylic acids is 5. The minimum Gasteiger partial charge on any atom is -0.480 e. The van der Waals surface area contributed by atoms with E-state index in [1.54, 1.807) is 6.20 Å². The Balaban J connectivity index is 1.84. The van der Waals surface area contributed by atoms with E-state index in [1.807, 2.05) is 24.3 Å². The van der Waals surface area contributed by atoms with Crippen molar-refractivity contribution < 1.29 is 33.9 Å². The number of hydrogen-bond acceptors (Lipinski definition) is 7. The number of H-pyrrole nitrogens is 1. The summed E-state index contributed by atoms with van der Waals surface area (Å²) in [6.07, 6.45) is 1.60. The van der Waals surface area contributed by atoms with Crippen LogP contribution in [0.25, 0.3) is 10.9 Å². The molecule has 14 nitrogen and oxygen atoms in total. The van der Waals surface area contributed by atoms with Crippen molar-refractivity contribution in [2.24, 2.45) is 17.2 Å². The van der Waals surface area contributed by atoms with Gasteiger partial charge in [0.15, 0.2) is 0 Å². The molecule has 210 valence electrons. The topological polar surface area (TPSA) is 244 Å². The Kier molecular flexibility index (Phi) is 9.60. The largest absolute Gasteiger partial charge is 0.480 e. The van der Waals surface area contributed by atoms with Gasteiger partial charge in [0.2, 0.25) is 29.5 Å². The zero-order chi connectivity index (χ0) is 28.7. The van der Waals surface area contributed by atoms with Crippen molar-refractivity contribution in [1.82, 2.24) is 20.5 Å². The Hall–Kier alpha value is -4.46. The van der Waals surface area contributed by atoms with E-state index >= 15 is 0 Å². The van der Waals surface area contributed by atoms with Crippen LogP contribution in [0.2, 0.25) is 0 Å². The Morgan fingerprint density at radius 2 is 1.72 bits per heavy atom. The summed E-state index contributed by atoms with van der Waals surface area (Å²) in [5, 5.41) is 15.3. The Labute approximate surface area is 223 Å². The molecule has 1 aromatic carbocycles. The second kappa shape index (κ2) is 12.9. The number of aliphatic carboxylic acids is 1. The predicted molar refractivity (Wildman–Crippen MR) is 138 cm³/mol. The highest BCUT2D eigenvalue weighted by Gasteiger charge is 2.39. The van der Waals surface area contributed by atoms with Gasteiger partial charge in [0.1, 0.15) is 18.1 Å². The van der Waals surface area contributed by atoms with E-state index in [9.17, 15) is 33.9 Å². The SMILES string of the molecule is NC(=O)CCC(N)C(=O)NC(Cc1c[nH]c2ccccc12)C(=O)NC(CC(N)=O)C(=O)N1CCCC1C(=O)O. The maximum Gasteiger partial charge on any atom is 0.326 e. The molecule has 4 unspecified atom stereocenters. The summed E-state index contributed by atoms with van der Waals surface area (Å²) in [7, 11) is 0. The van der Waals surface area contributed by atoms with Crippen molar-refractivity contribution in [3.63, 3.8) is 0 Å². The van der Waals surface area contributed by atoms with E-state index in [1.165, 1.54) is 0 Å². The molecule has 0 spiro atoms. The van der Waals surface area contributed by atoms with Gasteiger partial charge in [0, 0.05) is 36.5 Å². The molecule has 0 bridgehead atoms. The number of carboxylic acids is 1. The van der Waals surface area contributed by atoms with Crippen LogP contribution < -0.4 is 27.8 Å². The smallest absolute Gasteiger partial charge is 0.326 e. The fourth-order valence-electron chi connectivity index (χ4n) is 4.60. The van der Waals surface area contributed by atoms with Gasteiger partial charge in [-0.15, -0.1) is 0 Å². The molecular formula is C25H33N7O7. The summed E-state index contributed by atoms with van der Waals surface area (Å²) in [6.45, 7) is 0.144. The normalized spacial score (nSPS) is 17.3. The summed E-state index contributed by atoms with van der Waals surface area (Å²) >= 11 is 0. The first kappa shape index (κ1) is 29.1. The molecule has 14 heteroatoms. The highest BCUT2D eigenvalue weighted by Crippen LogP contribution is 2.21. The molecular weight excluding hydrogens is 510 g/mol. The fraction of sp³-hybridized carbons (Fsp3) is 0.440. The quantitative estimate of drug-likeness (QED) is 0.152. The molecule has 1 saturated heterocycles. The lowest BCUT2D eigenvalue weighted by Gasteiger charge is -2.28. The molecule has 0 radical (unpaired) electrons. The molecule has 2 heterocycles. The van der Waals surface area contributed by atoms with Crippen LogP contribution in [-0.4, -0.2) is 81.2 Å². The number of amides is 5. The monoisotopic (exact) mass is 543 g/mol. The summed E-state index contributed by atoms with van der Waals surface area (Å²) < 4.78 is 0. The lowest BCUT2D eigenvalue weighted by Crippen LogP contribution is -2.58. The molecule has 1 aromatic heterocycles. The van der Waals surface area contributed by atoms with Gasteiger partial charge < -0.3 is 42.8 Å². The molecule has 2 aromatic rings.